The number of nitrogens with one attached hydrogen (secondary N) is 1. The fourth-order valence-corrected chi connectivity index (χ4v) is 5.55. The van der Waals surface area contributed by atoms with Gasteiger partial charge in [-0.1, -0.05) is 91.7 Å². The molecule has 2 heterocycles. The second-order valence-electron chi connectivity index (χ2n) is 14.6. The topological polar surface area (TPSA) is 388 Å². The number of hydrogen-bond acceptors (Lipinski definition) is 22. The number of methoxy groups -OCH3 is 1. The summed E-state index contributed by atoms with van der Waals surface area (Å²) in [7, 11) is 1.22. The van der Waals surface area contributed by atoms with Gasteiger partial charge in [-0.15, -0.1) is 0 Å². The molecule has 0 aromatic heterocycles. The summed E-state index contributed by atoms with van der Waals surface area (Å²) in [5, 5.41) is 57.7. The van der Waals surface area contributed by atoms with Crippen molar-refractivity contribution in [1.29, 1.82) is 0 Å². The number of benzene rings is 3. The summed E-state index contributed by atoms with van der Waals surface area (Å²) in [5.74, 6) is 1.60. The number of hydrogen-bond donors (Lipinski definition) is 6. The number of nitro benzene ring substituents is 3. The van der Waals surface area contributed by atoms with Gasteiger partial charge in [0.2, 0.25) is 0 Å². The number of nitrogens with zero attached hydrogens (tertiary/aromatic N) is 4. The summed E-state index contributed by atoms with van der Waals surface area (Å²) in [6.07, 6.45) is -2.75. The summed E-state index contributed by atoms with van der Waals surface area (Å²) in [6.45, 7) is 13.3. The van der Waals surface area contributed by atoms with Crippen LogP contribution in [0.2, 0.25) is 0 Å². The Morgan fingerprint density at radius 2 is 0.988 bits per heavy atom. The molecular formula is C50H84N6O20S3Y3-6. The first-order chi connectivity index (χ1) is 33.1. The van der Waals surface area contributed by atoms with Gasteiger partial charge >= 0.3 is 36.3 Å². The normalized spacial score (nSPS) is 12.3. The van der Waals surface area contributed by atoms with Crippen molar-refractivity contribution in [1.82, 2.24) is 10.2 Å². The number of carbonyl (C=O) groups excluding carboxylic acids is 4. The number of carboxylic acids is 3. The van der Waals surface area contributed by atoms with E-state index < -0.39 is 74.4 Å². The van der Waals surface area contributed by atoms with Gasteiger partial charge in [-0.25, -0.2) is 20.3 Å². The van der Waals surface area contributed by atoms with Crippen LogP contribution >= 0.6 is 36.2 Å². The maximum Gasteiger partial charge on any atom is 0.519 e. The summed E-state index contributed by atoms with van der Waals surface area (Å²) < 4.78 is 18.2. The zero-order valence-corrected chi connectivity index (χ0v) is 54.9. The maximum absolute atomic E-state index is 11.0. The minimum Gasteiger partial charge on any atom is -0.545 e. The van der Waals surface area contributed by atoms with Crippen LogP contribution in [0.3, 0.4) is 0 Å². The quantitative estimate of drug-likeness (QED) is 0.0187. The van der Waals surface area contributed by atoms with Crippen LogP contribution in [0.15, 0.2) is 91.0 Å². The third kappa shape index (κ3) is 62.3. The van der Waals surface area contributed by atoms with E-state index in [2.05, 4.69) is 34.2 Å². The van der Waals surface area contributed by atoms with Crippen LogP contribution in [-0.4, -0.2) is 132 Å². The summed E-state index contributed by atoms with van der Waals surface area (Å²) in [6, 6.07) is 21.8. The van der Waals surface area contributed by atoms with Gasteiger partial charge < -0.3 is 101 Å². The molecule has 0 spiro atoms. The van der Waals surface area contributed by atoms with Crippen LogP contribution in [0.5, 0.6) is 0 Å². The first-order valence-corrected chi connectivity index (χ1v) is 22.3. The fourth-order valence-electron chi connectivity index (χ4n) is 3.64. The summed E-state index contributed by atoms with van der Waals surface area (Å²) in [5.41, 5.74) is 3.96. The minimum absolute atomic E-state index is 0. The molecule has 2 fully saturated rings. The van der Waals surface area contributed by atoms with Gasteiger partial charge in [-0.3, -0.25) is 51.5 Å². The van der Waals surface area contributed by atoms with Gasteiger partial charge in [0.15, 0.2) is 0 Å². The van der Waals surface area contributed by atoms with Crippen LogP contribution < -0.4 is 11.1 Å². The number of rotatable bonds is 7. The van der Waals surface area contributed by atoms with Gasteiger partial charge in [-0.2, -0.15) is 18.5 Å². The number of carboxylic acid groups (broad SMARTS) is 3. The molecule has 3 unspecified atom stereocenters. The fraction of sp³-hybridized carbons (Fsp3) is 0.400. The second-order valence-corrected chi connectivity index (χ2v) is 16.8. The van der Waals surface area contributed by atoms with Gasteiger partial charge in [-0.05, 0) is 53.0 Å². The Bertz CT molecular complexity index is 1960. The third-order valence-corrected chi connectivity index (χ3v) is 8.83. The number of nitrogens with two attached hydrogens (primary N) is 1. The average molecular weight is 1450 g/mol. The van der Waals surface area contributed by atoms with Crippen molar-refractivity contribution in [2.75, 3.05) is 24.4 Å². The number of para-hydroxylation sites is 3. The molecule has 6 N–H and O–H groups in total. The van der Waals surface area contributed by atoms with E-state index in [0.29, 0.717) is 11.5 Å². The number of carbonyl (C=O) groups is 6. The molecule has 0 saturated carbocycles. The Kier molecular flexibility index (Phi) is 89.4. The smallest absolute Gasteiger partial charge is 0.519 e. The number of thiol groups is 1. The van der Waals surface area contributed by atoms with E-state index in [-0.39, 0.29) is 186 Å². The molecule has 0 aliphatic carbocycles. The summed E-state index contributed by atoms with van der Waals surface area (Å²) >= 11 is 6.42. The Balaban J connectivity index is -0.0000000539. The van der Waals surface area contributed by atoms with Crippen molar-refractivity contribution in [2.24, 2.45) is 5.73 Å². The van der Waals surface area contributed by atoms with Crippen LogP contribution in [0.4, 0.5) is 31.4 Å². The van der Waals surface area contributed by atoms with Crippen molar-refractivity contribution in [3.8, 4) is 0 Å². The Hall–Kier alpha value is -3.77. The van der Waals surface area contributed by atoms with E-state index in [4.69, 9.17) is 35.3 Å². The molecule has 467 valence electrons. The zero-order valence-electron chi connectivity index (χ0n) is 43.9. The zero-order chi connectivity index (χ0) is 55.3. The number of nitro groups is 3. The largest absolute Gasteiger partial charge is 0.545 e. The van der Waals surface area contributed by atoms with Crippen LogP contribution in [-0.2, 0) is 136 Å². The molecule has 2 saturated heterocycles. The number of amides is 1. The molecule has 26 nitrogen and oxygen atoms in total. The van der Waals surface area contributed by atoms with Crippen molar-refractivity contribution in [3.05, 3.63) is 155 Å². The van der Waals surface area contributed by atoms with Crippen LogP contribution in [0, 0.1) is 64.4 Å². The average Bonchev–Trinajstić information content (AvgIpc) is 4.05. The molecule has 5 rings (SSSR count). The molecule has 32 heteroatoms. The van der Waals surface area contributed by atoms with Gasteiger partial charge in [0, 0.05) is 140 Å². The monoisotopic (exact) mass is 1450 g/mol. The SMILES string of the molecule is C.C.C.C.C.CC(C)(C)OC(=O)OC(=O)OC(C)(C)C.COC(=O)N1[CH-]SCC1C(=O)O.NC(CS)C(=O)O.O=C(O)C1CS[CH-]N1.O=[N+]([O-])c1ccccc1.O=[N+]([O-])c1ccccc1.O=[N+]([O-])c1ccccc1.[CH-]=O.[CH3-].[CH3-].[CH3-].[Y].[Y].[Y]. The van der Waals surface area contributed by atoms with Crippen molar-refractivity contribution < 1.29 is 181 Å². The molecule has 82 heavy (non-hydrogen) atoms. The molecule has 2 aliphatic rings. The maximum atomic E-state index is 11.0. The van der Waals surface area contributed by atoms with Crippen LogP contribution in [0.1, 0.15) is 78.7 Å². The molecule has 3 radical (unpaired) electrons. The minimum atomic E-state index is -1.06. The van der Waals surface area contributed by atoms with E-state index in [1.165, 1.54) is 72.9 Å². The Morgan fingerprint density at radius 3 is 1.16 bits per heavy atom. The second kappa shape index (κ2) is 64.8. The number of thioether (sulfide) groups is 2. The van der Waals surface area contributed by atoms with E-state index in [1.807, 2.05) is 0 Å². The van der Waals surface area contributed by atoms with E-state index in [9.17, 15) is 59.1 Å². The Labute approximate surface area is 574 Å². The number of ether oxygens (including phenoxy) is 4. The van der Waals surface area contributed by atoms with E-state index >= 15 is 0 Å². The van der Waals surface area contributed by atoms with Crippen LogP contribution in [0.25, 0.3) is 0 Å². The third-order valence-electron chi connectivity index (χ3n) is 6.72. The number of non-ortho nitro benzene ring substituents is 3. The molecule has 3 aromatic carbocycles. The van der Waals surface area contributed by atoms with E-state index in [1.54, 1.807) is 102 Å². The standard InChI is InChI=1S/C10H18O5.C6H8NO4S.3C6H5NO2.C4H6NO2S.C3H7NO2S.CHO.5CH4.3CH3.3Y/c1-9(2,3)14-7(11)13-8(12)15-10(4,5)6;1-11-6(10)7-3-12-2-4(7)5(8)9;3*8-7(9)6-4-2-1-3-5-6;6-4(7)3-1-8-2-5-3;4-2(1-7)3(5)6;1-2;;;;;;;;;;;/h1-6H3;3-4H,2H2,1H3,(H,8,9);3*1-5H;2-3,5H,1H2,(H,6,7);2,7H,1,4H2,(H,5,6);1H;5*1H4;3*1H3;;;/q;-1;;;;-1;;-1;;;;;;3*-1;;;. The summed E-state index contributed by atoms with van der Waals surface area (Å²) in [4.78, 5) is 101. The van der Waals surface area contributed by atoms with Gasteiger partial charge in [0.1, 0.15) is 23.3 Å². The molecular weight excluding hydrogens is 1370 g/mol. The van der Waals surface area contributed by atoms with Gasteiger partial charge in [0.25, 0.3) is 17.1 Å². The van der Waals surface area contributed by atoms with Crippen molar-refractivity contribution in [3.63, 3.8) is 0 Å². The Morgan fingerprint density at radius 1 is 0.671 bits per heavy atom. The molecule has 3 atom stereocenters. The van der Waals surface area contributed by atoms with Crippen molar-refractivity contribution in [2.45, 2.75) is 108 Å². The first kappa shape index (κ1) is 113. The van der Waals surface area contributed by atoms with Crippen molar-refractivity contribution >= 4 is 96.3 Å². The van der Waals surface area contributed by atoms with Gasteiger partial charge in [0.05, 0.1) is 27.9 Å². The molecule has 1 amide bonds. The predicted molar refractivity (Wildman–Crippen MR) is 316 cm³/mol. The number of aliphatic carboxylic acids is 3. The molecule has 0 bridgehead atoms. The first-order valence-electron chi connectivity index (χ1n) is 19.6. The molecule has 3 aromatic rings. The molecule has 2 aliphatic heterocycles. The predicted octanol–water partition coefficient (Wildman–Crippen LogP) is 11.5. The van der Waals surface area contributed by atoms with E-state index in [0.717, 1.165) is 4.90 Å².